The summed E-state index contributed by atoms with van der Waals surface area (Å²) in [6.45, 7) is 6.13. The average Bonchev–Trinajstić information content (AvgIpc) is 2.63. The zero-order chi connectivity index (χ0) is 20.9. The Morgan fingerprint density at radius 3 is 2.18 bits per heavy atom. The first-order valence-electron chi connectivity index (χ1n) is 8.36. The molecule has 2 N–H and O–H groups in total. The summed E-state index contributed by atoms with van der Waals surface area (Å²) in [5.41, 5.74) is 2.60. The number of hydrogen-bond donors (Lipinski definition) is 2. The predicted molar refractivity (Wildman–Crippen MR) is 101 cm³/mol. The van der Waals surface area contributed by atoms with Crippen LogP contribution in [-0.4, -0.2) is 23.0 Å². The summed E-state index contributed by atoms with van der Waals surface area (Å²) in [6.07, 6.45) is -3.69. The second-order valence-corrected chi connectivity index (χ2v) is 7.09. The number of halogens is 3. The number of oxime groups is 1. The van der Waals surface area contributed by atoms with Gasteiger partial charge in [0.25, 0.3) is 5.91 Å². The highest BCUT2D eigenvalue weighted by Crippen LogP contribution is 2.29. The maximum Gasteiger partial charge on any atom is 0.416 e. The topological polar surface area (TPSA) is 74.0 Å². The summed E-state index contributed by atoms with van der Waals surface area (Å²) >= 11 is 0. The van der Waals surface area contributed by atoms with Crippen LogP contribution in [0.15, 0.2) is 58.8 Å². The summed E-state index contributed by atoms with van der Waals surface area (Å²) in [4.78, 5) is 12.3. The Labute approximate surface area is 160 Å². The van der Waals surface area contributed by atoms with Crippen LogP contribution < -0.4 is 5.43 Å². The van der Waals surface area contributed by atoms with Crippen molar-refractivity contribution >= 4 is 17.8 Å². The van der Waals surface area contributed by atoms with Crippen LogP contribution in [0.3, 0.4) is 0 Å². The van der Waals surface area contributed by atoms with Crippen LogP contribution in [-0.2, 0) is 11.6 Å². The molecule has 0 aliphatic heterocycles. The summed E-state index contributed by atoms with van der Waals surface area (Å²) in [7, 11) is 0. The third-order valence-electron chi connectivity index (χ3n) is 3.96. The molecule has 0 bridgehead atoms. The number of carbonyl (C=O) groups excluding carboxylic acids is 1. The molecule has 0 fully saturated rings. The van der Waals surface area contributed by atoms with Crippen LogP contribution in [0.5, 0.6) is 0 Å². The number of rotatable bonds is 4. The Kier molecular flexibility index (Phi) is 6.23. The molecule has 0 saturated carbocycles. The fraction of sp³-hybridized carbons (Fsp3) is 0.250. The van der Waals surface area contributed by atoms with Gasteiger partial charge in [-0.05, 0) is 35.2 Å². The van der Waals surface area contributed by atoms with Gasteiger partial charge in [-0.15, -0.1) is 0 Å². The van der Waals surface area contributed by atoms with Crippen LogP contribution in [0.1, 0.15) is 47.8 Å². The Morgan fingerprint density at radius 2 is 1.64 bits per heavy atom. The van der Waals surface area contributed by atoms with E-state index in [9.17, 15) is 18.0 Å². The van der Waals surface area contributed by atoms with Gasteiger partial charge in [-0.2, -0.15) is 18.3 Å². The first-order chi connectivity index (χ1) is 13.0. The Bertz CT molecular complexity index is 896. The van der Waals surface area contributed by atoms with E-state index in [4.69, 9.17) is 5.21 Å². The number of hydrogen-bond acceptors (Lipinski definition) is 4. The molecule has 0 saturated heterocycles. The lowest BCUT2D eigenvalue weighted by molar-refractivity contribution is -0.137. The van der Waals surface area contributed by atoms with Crippen LogP contribution in [0, 0.1) is 0 Å². The van der Waals surface area contributed by atoms with Crippen molar-refractivity contribution in [2.75, 3.05) is 0 Å². The number of nitrogens with one attached hydrogen (secondary N) is 1. The Hall–Kier alpha value is -3.16. The molecule has 148 valence electrons. The van der Waals surface area contributed by atoms with E-state index >= 15 is 0 Å². The van der Waals surface area contributed by atoms with E-state index in [1.54, 1.807) is 12.1 Å². The minimum Gasteiger partial charge on any atom is -0.411 e. The van der Waals surface area contributed by atoms with Crippen LogP contribution in [0.2, 0.25) is 0 Å². The molecule has 2 aromatic rings. The molecule has 0 radical (unpaired) electrons. The molecular formula is C20H20F3N3O2. The van der Waals surface area contributed by atoms with Gasteiger partial charge in [0.1, 0.15) is 5.71 Å². The van der Waals surface area contributed by atoms with Crippen molar-refractivity contribution in [1.82, 2.24) is 5.43 Å². The highest BCUT2D eigenvalue weighted by molar-refractivity contribution is 6.38. The molecule has 0 spiro atoms. The van der Waals surface area contributed by atoms with Crippen molar-refractivity contribution in [3.8, 4) is 0 Å². The summed E-state index contributed by atoms with van der Waals surface area (Å²) in [6, 6.07) is 11.2. The zero-order valence-electron chi connectivity index (χ0n) is 15.6. The predicted octanol–water partition coefficient (Wildman–Crippen LogP) is 4.60. The molecular weight excluding hydrogens is 371 g/mol. The van der Waals surface area contributed by atoms with Crippen molar-refractivity contribution in [3.05, 3.63) is 70.8 Å². The lowest BCUT2D eigenvalue weighted by Gasteiger charge is -2.18. The molecule has 5 nitrogen and oxygen atoms in total. The summed E-state index contributed by atoms with van der Waals surface area (Å²) < 4.78 is 38.6. The molecule has 0 aromatic heterocycles. The largest absolute Gasteiger partial charge is 0.416 e. The number of benzene rings is 2. The third-order valence-corrected chi connectivity index (χ3v) is 3.96. The number of alkyl halides is 3. The van der Waals surface area contributed by atoms with Gasteiger partial charge < -0.3 is 5.21 Å². The molecule has 0 aliphatic carbocycles. The van der Waals surface area contributed by atoms with Crippen LogP contribution in [0.25, 0.3) is 0 Å². The maximum atomic E-state index is 12.9. The lowest BCUT2D eigenvalue weighted by Crippen LogP contribution is -2.21. The van der Waals surface area contributed by atoms with E-state index in [1.807, 2.05) is 32.9 Å². The SMILES string of the molecule is CC(C)(C)c1ccc(C(=O)NN=C(C=NO)c2cccc(C(F)(F)F)c2)cc1. The van der Waals surface area contributed by atoms with Crippen LogP contribution in [0.4, 0.5) is 13.2 Å². The maximum absolute atomic E-state index is 12.9. The molecule has 2 aromatic carbocycles. The van der Waals surface area contributed by atoms with E-state index < -0.39 is 17.6 Å². The van der Waals surface area contributed by atoms with Gasteiger partial charge in [0.05, 0.1) is 11.8 Å². The van der Waals surface area contributed by atoms with E-state index in [0.717, 1.165) is 23.9 Å². The first-order valence-corrected chi connectivity index (χ1v) is 8.36. The highest BCUT2D eigenvalue weighted by atomic mass is 19.4. The van der Waals surface area contributed by atoms with Crippen molar-refractivity contribution in [3.63, 3.8) is 0 Å². The van der Waals surface area contributed by atoms with Crippen molar-refractivity contribution in [1.29, 1.82) is 0 Å². The van der Waals surface area contributed by atoms with E-state index in [2.05, 4.69) is 15.7 Å². The fourth-order valence-electron chi connectivity index (χ4n) is 2.37. The van der Waals surface area contributed by atoms with Crippen LogP contribution >= 0.6 is 0 Å². The Morgan fingerprint density at radius 1 is 1.00 bits per heavy atom. The zero-order valence-corrected chi connectivity index (χ0v) is 15.6. The smallest absolute Gasteiger partial charge is 0.411 e. The van der Waals surface area contributed by atoms with E-state index in [-0.39, 0.29) is 16.7 Å². The molecule has 0 heterocycles. The number of amides is 1. The fourth-order valence-corrected chi connectivity index (χ4v) is 2.37. The van der Waals surface area contributed by atoms with E-state index in [1.165, 1.54) is 12.1 Å². The quantitative estimate of drug-likeness (QED) is 0.454. The minimum atomic E-state index is -4.53. The van der Waals surface area contributed by atoms with Gasteiger partial charge in [-0.1, -0.05) is 50.2 Å². The number of carbonyl (C=O) groups is 1. The Balaban J connectivity index is 2.24. The molecule has 1 amide bonds. The highest BCUT2D eigenvalue weighted by Gasteiger charge is 2.30. The van der Waals surface area contributed by atoms with Gasteiger partial charge in [-0.3, -0.25) is 4.79 Å². The second kappa shape index (κ2) is 8.24. The molecule has 2 rings (SSSR count). The average molecular weight is 391 g/mol. The van der Waals surface area contributed by atoms with Gasteiger partial charge in [0, 0.05) is 11.1 Å². The van der Waals surface area contributed by atoms with Gasteiger partial charge in [-0.25, -0.2) is 5.43 Å². The number of hydrazone groups is 1. The standard InChI is InChI=1S/C20H20F3N3O2/c1-19(2,3)15-9-7-13(8-10-15)18(27)26-25-17(12-24-28)14-5-4-6-16(11-14)20(21,22)23/h4-12,28H,1-3H3,(H,26,27). The van der Waals surface area contributed by atoms with Gasteiger partial charge >= 0.3 is 6.18 Å². The minimum absolute atomic E-state index is 0.0380. The first kappa shape index (κ1) is 21.1. The van der Waals surface area contributed by atoms with Gasteiger partial charge in [0.2, 0.25) is 0 Å². The normalized spacial score (nSPS) is 13.0. The van der Waals surface area contributed by atoms with Gasteiger partial charge in [0.15, 0.2) is 0 Å². The van der Waals surface area contributed by atoms with Crippen molar-refractivity contribution in [2.24, 2.45) is 10.3 Å². The summed E-state index contributed by atoms with van der Waals surface area (Å²) in [5.74, 6) is -0.545. The molecule has 8 heteroatoms. The monoisotopic (exact) mass is 391 g/mol. The molecule has 0 unspecified atom stereocenters. The number of nitrogens with zero attached hydrogens (tertiary/aromatic N) is 2. The summed E-state index contributed by atoms with van der Waals surface area (Å²) in [5, 5.41) is 15.4. The molecule has 0 atom stereocenters. The third kappa shape index (κ3) is 5.42. The molecule has 0 aliphatic rings. The van der Waals surface area contributed by atoms with Crippen molar-refractivity contribution in [2.45, 2.75) is 32.4 Å². The van der Waals surface area contributed by atoms with Crippen molar-refractivity contribution < 1.29 is 23.2 Å². The second-order valence-electron chi connectivity index (χ2n) is 7.09. The lowest BCUT2D eigenvalue weighted by atomic mass is 9.87. The van der Waals surface area contributed by atoms with E-state index in [0.29, 0.717) is 5.56 Å². The molecule has 28 heavy (non-hydrogen) atoms.